The fourth-order valence-electron chi connectivity index (χ4n) is 3.17. The molecule has 23 heavy (non-hydrogen) atoms. The maximum absolute atomic E-state index is 12.3. The van der Waals surface area contributed by atoms with E-state index >= 15 is 0 Å². The number of ether oxygens (including phenoxy) is 1. The summed E-state index contributed by atoms with van der Waals surface area (Å²) in [6.07, 6.45) is 4.53. The number of piperidine rings is 1. The molecule has 2 aromatic rings. The molecule has 1 aliphatic heterocycles. The normalized spacial score (nSPS) is 18.4. The van der Waals surface area contributed by atoms with Crippen molar-refractivity contribution in [3.8, 4) is 0 Å². The summed E-state index contributed by atoms with van der Waals surface area (Å²) in [7, 11) is 0. The molecule has 5 nitrogen and oxygen atoms in total. The number of fused-ring (bicyclic) bond motifs is 1. The highest BCUT2D eigenvalue weighted by atomic mass is 35.5. The third-order valence-electron chi connectivity index (χ3n) is 4.25. The largest absolute Gasteiger partial charge is 0.462 e. The molecule has 0 radical (unpaired) electrons. The van der Waals surface area contributed by atoms with Gasteiger partial charge in [-0.2, -0.15) is 4.98 Å². The van der Waals surface area contributed by atoms with Gasteiger partial charge in [0.05, 0.1) is 17.6 Å². The SMILES string of the molecule is CCOC(=O)c1csc2nc(Cl)nc(N3CCCCC3CC)c12. The quantitative estimate of drug-likeness (QED) is 0.606. The van der Waals surface area contributed by atoms with E-state index in [-0.39, 0.29) is 11.3 Å². The summed E-state index contributed by atoms with van der Waals surface area (Å²) in [4.78, 5) is 24.1. The number of nitrogens with zero attached hydrogens (tertiary/aromatic N) is 3. The number of carbonyl (C=O) groups is 1. The average Bonchev–Trinajstić information content (AvgIpc) is 2.98. The Balaban J connectivity index is 2.14. The molecule has 0 N–H and O–H groups in total. The van der Waals surface area contributed by atoms with Crippen molar-refractivity contribution in [2.24, 2.45) is 0 Å². The zero-order valence-corrected chi connectivity index (χ0v) is 14.9. The van der Waals surface area contributed by atoms with E-state index in [1.807, 2.05) is 0 Å². The second kappa shape index (κ2) is 7.01. The molecular weight excluding hydrogens is 334 g/mol. The van der Waals surface area contributed by atoms with E-state index in [1.165, 1.54) is 17.8 Å². The highest BCUT2D eigenvalue weighted by molar-refractivity contribution is 7.17. The first kappa shape index (κ1) is 16.5. The van der Waals surface area contributed by atoms with Crippen molar-refractivity contribution in [2.45, 2.75) is 45.6 Å². The Hall–Kier alpha value is -1.40. The van der Waals surface area contributed by atoms with Crippen molar-refractivity contribution >= 4 is 44.9 Å². The number of aromatic nitrogens is 2. The highest BCUT2D eigenvalue weighted by Crippen LogP contribution is 2.36. The molecule has 3 rings (SSSR count). The lowest BCUT2D eigenvalue weighted by Crippen LogP contribution is -2.40. The predicted octanol–water partition coefficient (Wildman–Crippen LogP) is 4.29. The Morgan fingerprint density at radius 1 is 1.43 bits per heavy atom. The van der Waals surface area contributed by atoms with Gasteiger partial charge in [-0.1, -0.05) is 6.92 Å². The predicted molar refractivity (Wildman–Crippen MR) is 93.7 cm³/mol. The lowest BCUT2D eigenvalue weighted by Gasteiger charge is -2.36. The molecule has 1 unspecified atom stereocenters. The van der Waals surface area contributed by atoms with Gasteiger partial charge in [-0.05, 0) is 44.2 Å². The Kier molecular flexibility index (Phi) is 5.02. The monoisotopic (exact) mass is 353 g/mol. The number of hydrogen-bond acceptors (Lipinski definition) is 6. The van der Waals surface area contributed by atoms with Crippen LogP contribution in [0.15, 0.2) is 5.38 Å². The van der Waals surface area contributed by atoms with Crippen molar-refractivity contribution in [3.63, 3.8) is 0 Å². The summed E-state index contributed by atoms with van der Waals surface area (Å²) in [5.41, 5.74) is 0.541. The molecule has 1 aliphatic rings. The van der Waals surface area contributed by atoms with Crippen molar-refractivity contribution in [2.75, 3.05) is 18.1 Å². The van der Waals surface area contributed by atoms with E-state index < -0.39 is 0 Å². The van der Waals surface area contributed by atoms with E-state index in [4.69, 9.17) is 16.3 Å². The molecule has 0 aliphatic carbocycles. The van der Waals surface area contributed by atoms with E-state index in [2.05, 4.69) is 21.8 Å². The van der Waals surface area contributed by atoms with Crippen LogP contribution < -0.4 is 4.90 Å². The summed E-state index contributed by atoms with van der Waals surface area (Å²) in [5.74, 6) is 0.451. The number of rotatable bonds is 4. The van der Waals surface area contributed by atoms with Gasteiger partial charge in [-0.15, -0.1) is 11.3 Å². The molecule has 0 amide bonds. The second-order valence-electron chi connectivity index (χ2n) is 5.62. The molecule has 0 aromatic carbocycles. The summed E-state index contributed by atoms with van der Waals surface area (Å²) < 4.78 is 5.18. The summed E-state index contributed by atoms with van der Waals surface area (Å²) in [5, 5.41) is 2.80. The van der Waals surface area contributed by atoms with E-state index in [0.29, 0.717) is 18.2 Å². The number of carbonyl (C=O) groups excluding carboxylic acids is 1. The lowest BCUT2D eigenvalue weighted by molar-refractivity contribution is 0.0529. The summed E-state index contributed by atoms with van der Waals surface area (Å²) in [6.45, 7) is 5.27. The Morgan fingerprint density at radius 2 is 2.26 bits per heavy atom. The first-order chi connectivity index (χ1) is 11.2. The van der Waals surface area contributed by atoms with Crippen LogP contribution >= 0.6 is 22.9 Å². The molecule has 1 fully saturated rings. The molecule has 1 atom stereocenters. The van der Waals surface area contributed by atoms with Gasteiger partial charge in [0.15, 0.2) is 0 Å². The van der Waals surface area contributed by atoms with Gasteiger partial charge in [0, 0.05) is 18.0 Å². The highest BCUT2D eigenvalue weighted by Gasteiger charge is 2.28. The van der Waals surface area contributed by atoms with Gasteiger partial charge >= 0.3 is 5.97 Å². The van der Waals surface area contributed by atoms with Crippen LogP contribution in [0.4, 0.5) is 5.82 Å². The van der Waals surface area contributed by atoms with Gasteiger partial charge < -0.3 is 9.64 Å². The number of halogens is 1. The molecule has 1 saturated heterocycles. The maximum atomic E-state index is 12.3. The molecule has 0 bridgehead atoms. The average molecular weight is 354 g/mol. The molecule has 0 saturated carbocycles. The van der Waals surface area contributed by atoms with Crippen molar-refractivity contribution < 1.29 is 9.53 Å². The standard InChI is InChI=1S/C16H20ClN3O2S/c1-3-10-7-5-6-8-20(10)13-12-11(15(21)22-4-2)9-23-14(12)19-16(17)18-13/h9-10H,3-8H2,1-2H3. The summed E-state index contributed by atoms with van der Waals surface area (Å²) in [6, 6.07) is 0.424. The number of esters is 1. The van der Waals surface area contributed by atoms with Crippen molar-refractivity contribution in [1.29, 1.82) is 0 Å². The molecule has 2 aromatic heterocycles. The van der Waals surface area contributed by atoms with Crippen molar-refractivity contribution in [3.05, 3.63) is 16.2 Å². The Morgan fingerprint density at radius 3 is 3.00 bits per heavy atom. The van der Waals surface area contributed by atoms with E-state index in [1.54, 1.807) is 12.3 Å². The third-order valence-corrected chi connectivity index (χ3v) is 5.29. The van der Waals surface area contributed by atoms with Gasteiger partial charge in [-0.3, -0.25) is 0 Å². The smallest absolute Gasteiger partial charge is 0.339 e. The van der Waals surface area contributed by atoms with Gasteiger partial charge in [0.25, 0.3) is 0 Å². The van der Waals surface area contributed by atoms with Crippen LogP contribution in [0.25, 0.3) is 10.2 Å². The van der Waals surface area contributed by atoms with E-state index in [9.17, 15) is 4.79 Å². The minimum absolute atomic E-state index is 0.227. The van der Waals surface area contributed by atoms with Crippen LogP contribution in [-0.2, 0) is 4.74 Å². The molecular formula is C16H20ClN3O2S. The van der Waals surface area contributed by atoms with Crippen molar-refractivity contribution in [1.82, 2.24) is 9.97 Å². The minimum atomic E-state index is -0.323. The van der Waals surface area contributed by atoms with Gasteiger partial charge in [0.1, 0.15) is 10.6 Å². The van der Waals surface area contributed by atoms with Crippen LogP contribution in [0.1, 0.15) is 49.9 Å². The minimum Gasteiger partial charge on any atom is -0.462 e. The molecule has 7 heteroatoms. The zero-order chi connectivity index (χ0) is 16.4. The van der Waals surface area contributed by atoms with Gasteiger partial charge in [-0.25, -0.2) is 9.78 Å². The molecule has 3 heterocycles. The Bertz CT molecular complexity index is 719. The first-order valence-corrected chi connectivity index (χ1v) is 9.30. The Labute approximate surface area is 144 Å². The summed E-state index contributed by atoms with van der Waals surface area (Å²) >= 11 is 7.53. The lowest BCUT2D eigenvalue weighted by atomic mass is 9.99. The van der Waals surface area contributed by atoms with Crippen LogP contribution in [0.2, 0.25) is 5.28 Å². The fraction of sp³-hybridized carbons (Fsp3) is 0.562. The van der Waals surface area contributed by atoms with Gasteiger partial charge in [0.2, 0.25) is 5.28 Å². The third kappa shape index (κ3) is 3.15. The van der Waals surface area contributed by atoms with E-state index in [0.717, 1.165) is 41.8 Å². The van der Waals surface area contributed by atoms with Crippen LogP contribution in [0, 0.1) is 0 Å². The van der Waals surface area contributed by atoms with Crippen LogP contribution in [-0.4, -0.2) is 35.1 Å². The van der Waals surface area contributed by atoms with Crippen LogP contribution in [0.5, 0.6) is 0 Å². The van der Waals surface area contributed by atoms with Crippen LogP contribution in [0.3, 0.4) is 0 Å². The molecule has 124 valence electrons. The maximum Gasteiger partial charge on any atom is 0.339 e. The topological polar surface area (TPSA) is 55.3 Å². The number of thiophene rings is 1. The molecule has 0 spiro atoms. The number of anilines is 1. The number of hydrogen-bond donors (Lipinski definition) is 0. The first-order valence-electron chi connectivity index (χ1n) is 8.04. The fourth-order valence-corrected chi connectivity index (χ4v) is 4.29. The second-order valence-corrected chi connectivity index (χ2v) is 6.81. The zero-order valence-electron chi connectivity index (χ0n) is 13.3.